The highest BCUT2D eigenvalue weighted by Crippen LogP contribution is 2.15. The Morgan fingerprint density at radius 3 is 2.60 bits per heavy atom. The lowest BCUT2D eigenvalue weighted by Crippen LogP contribution is -2.31. The van der Waals surface area contributed by atoms with Crippen molar-refractivity contribution in [2.75, 3.05) is 18.5 Å². The van der Waals surface area contributed by atoms with Gasteiger partial charge in [-0.2, -0.15) is 0 Å². The standard InChI is InChI=1S/C19H19ClN2O3/c20-15-8-6-13(7-9-15)19(24)22-16-4-1-3-14(11-16)18(23)21-12-17-5-2-10-25-17/h1,3-4,6-9,11,17H,2,5,10,12H2,(H,21,23)(H,22,24)/t17-/m0/s1. The molecular formula is C19H19ClN2O3. The average molecular weight is 359 g/mol. The van der Waals surface area contributed by atoms with Crippen LogP contribution >= 0.6 is 11.6 Å². The van der Waals surface area contributed by atoms with Crippen LogP contribution in [0.15, 0.2) is 48.5 Å². The molecule has 1 heterocycles. The molecule has 2 N–H and O–H groups in total. The number of hydrogen-bond acceptors (Lipinski definition) is 3. The van der Waals surface area contributed by atoms with Crippen molar-refractivity contribution in [1.82, 2.24) is 5.32 Å². The molecule has 1 saturated heterocycles. The minimum absolute atomic E-state index is 0.0942. The van der Waals surface area contributed by atoms with Crippen molar-refractivity contribution in [1.29, 1.82) is 0 Å². The van der Waals surface area contributed by atoms with Crippen LogP contribution in [0.3, 0.4) is 0 Å². The Morgan fingerprint density at radius 2 is 1.88 bits per heavy atom. The summed E-state index contributed by atoms with van der Waals surface area (Å²) < 4.78 is 5.49. The van der Waals surface area contributed by atoms with E-state index < -0.39 is 0 Å². The lowest BCUT2D eigenvalue weighted by molar-refractivity contribution is 0.0857. The predicted molar refractivity (Wildman–Crippen MR) is 97.2 cm³/mol. The average Bonchev–Trinajstić information content (AvgIpc) is 3.14. The molecule has 1 atom stereocenters. The first kappa shape index (κ1) is 17.5. The smallest absolute Gasteiger partial charge is 0.255 e. The van der Waals surface area contributed by atoms with Gasteiger partial charge < -0.3 is 15.4 Å². The van der Waals surface area contributed by atoms with Crippen LogP contribution < -0.4 is 10.6 Å². The van der Waals surface area contributed by atoms with Crippen molar-refractivity contribution in [3.05, 3.63) is 64.7 Å². The zero-order valence-electron chi connectivity index (χ0n) is 13.6. The topological polar surface area (TPSA) is 67.4 Å². The Bertz CT molecular complexity index is 756. The molecule has 0 saturated carbocycles. The number of nitrogens with one attached hydrogen (secondary N) is 2. The molecule has 0 unspecified atom stereocenters. The molecule has 2 aromatic carbocycles. The fourth-order valence-electron chi connectivity index (χ4n) is 2.66. The molecule has 1 aliphatic rings. The molecule has 0 spiro atoms. The molecule has 0 radical (unpaired) electrons. The number of carbonyl (C=O) groups excluding carboxylic acids is 2. The van der Waals surface area contributed by atoms with Crippen molar-refractivity contribution in [2.45, 2.75) is 18.9 Å². The minimum Gasteiger partial charge on any atom is -0.376 e. The first-order valence-corrected chi connectivity index (χ1v) is 8.56. The van der Waals surface area contributed by atoms with E-state index in [1.54, 1.807) is 48.5 Å². The number of rotatable bonds is 5. The molecule has 1 aliphatic heterocycles. The van der Waals surface area contributed by atoms with E-state index in [0.29, 0.717) is 28.4 Å². The Kier molecular flexibility index (Phi) is 5.68. The molecule has 25 heavy (non-hydrogen) atoms. The van der Waals surface area contributed by atoms with Crippen molar-refractivity contribution < 1.29 is 14.3 Å². The number of amides is 2. The monoisotopic (exact) mass is 358 g/mol. The van der Waals surface area contributed by atoms with Crippen LogP contribution in [0.4, 0.5) is 5.69 Å². The summed E-state index contributed by atoms with van der Waals surface area (Å²) in [4.78, 5) is 24.5. The number of hydrogen-bond donors (Lipinski definition) is 2. The van der Waals surface area contributed by atoms with E-state index in [4.69, 9.17) is 16.3 Å². The van der Waals surface area contributed by atoms with Crippen LogP contribution in [0, 0.1) is 0 Å². The number of carbonyl (C=O) groups is 2. The number of ether oxygens (including phenoxy) is 1. The first-order chi connectivity index (χ1) is 12.1. The highest BCUT2D eigenvalue weighted by Gasteiger charge is 2.17. The third-order valence-corrected chi connectivity index (χ3v) is 4.26. The number of benzene rings is 2. The van der Waals surface area contributed by atoms with E-state index in [1.165, 1.54) is 0 Å². The molecule has 1 fully saturated rings. The Hall–Kier alpha value is -2.37. The van der Waals surface area contributed by atoms with Gasteiger partial charge in [-0.05, 0) is 55.3 Å². The highest BCUT2D eigenvalue weighted by atomic mass is 35.5. The van der Waals surface area contributed by atoms with Crippen molar-refractivity contribution in [3.63, 3.8) is 0 Å². The summed E-state index contributed by atoms with van der Waals surface area (Å²) in [6, 6.07) is 13.5. The summed E-state index contributed by atoms with van der Waals surface area (Å²) in [5.74, 6) is -0.438. The third-order valence-electron chi connectivity index (χ3n) is 4.00. The second-order valence-corrected chi connectivity index (χ2v) is 6.32. The molecule has 0 bridgehead atoms. The first-order valence-electron chi connectivity index (χ1n) is 8.18. The van der Waals surface area contributed by atoms with Crippen LogP contribution in [0.25, 0.3) is 0 Å². The summed E-state index contributed by atoms with van der Waals surface area (Å²) in [5, 5.41) is 6.22. The highest BCUT2D eigenvalue weighted by molar-refractivity contribution is 6.30. The molecular weight excluding hydrogens is 340 g/mol. The Labute approximate surface area is 151 Å². The summed E-state index contributed by atoms with van der Waals surface area (Å²) in [6.07, 6.45) is 2.10. The van der Waals surface area contributed by atoms with E-state index in [1.807, 2.05) is 0 Å². The Morgan fingerprint density at radius 1 is 1.08 bits per heavy atom. The number of anilines is 1. The van der Waals surface area contributed by atoms with Crippen LogP contribution in [0.1, 0.15) is 33.6 Å². The molecule has 3 rings (SSSR count). The maximum Gasteiger partial charge on any atom is 0.255 e. The van der Waals surface area contributed by atoms with Gasteiger partial charge in [0.15, 0.2) is 0 Å². The van der Waals surface area contributed by atoms with Gasteiger partial charge in [0.25, 0.3) is 11.8 Å². The van der Waals surface area contributed by atoms with Crippen molar-refractivity contribution in [3.8, 4) is 0 Å². The van der Waals surface area contributed by atoms with Gasteiger partial charge in [-0.3, -0.25) is 9.59 Å². The SMILES string of the molecule is O=C(NC[C@@H]1CCCO1)c1cccc(NC(=O)c2ccc(Cl)cc2)c1. The van der Waals surface area contributed by atoms with Crippen LogP contribution in [0.5, 0.6) is 0 Å². The fourth-order valence-corrected chi connectivity index (χ4v) is 2.78. The van der Waals surface area contributed by atoms with E-state index in [-0.39, 0.29) is 17.9 Å². The van der Waals surface area contributed by atoms with Gasteiger partial charge in [-0.15, -0.1) is 0 Å². The lowest BCUT2D eigenvalue weighted by Gasteiger charge is -2.11. The van der Waals surface area contributed by atoms with Gasteiger partial charge in [0, 0.05) is 35.0 Å². The van der Waals surface area contributed by atoms with Gasteiger partial charge in [-0.1, -0.05) is 17.7 Å². The number of halogens is 1. The molecule has 6 heteroatoms. The van der Waals surface area contributed by atoms with Crippen molar-refractivity contribution in [2.24, 2.45) is 0 Å². The van der Waals surface area contributed by atoms with Crippen LogP contribution in [-0.4, -0.2) is 31.1 Å². The predicted octanol–water partition coefficient (Wildman–Crippen LogP) is 3.50. The minimum atomic E-state index is -0.256. The zero-order chi connectivity index (χ0) is 17.6. The molecule has 2 aromatic rings. The second kappa shape index (κ2) is 8.14. The lowest BCUT2D eigenvalue weighted by atomic mass is 10.1. The third kappa shape index (κ3) is 4.81. The zero-order valence-corrected chi connectivity index (χ0v) is 14.4. The molecule has 0 aliphatic carbocycles. The quantitative estimate of drug-likeness (QED) is 0.859. The Balaban J connectivity index is 1.61. The van der Waals surface area contributed by atoms with E-state index >= 15 is 0 Å². The van der Waals surface area contributed by atoms with Gasteiger partial charge in [-0.25, -0.2) is 0 Å². The largest absolute Gasteiger partial charge is 0.376 e. The molecule has 5 nitrogen and oxygen atoms in total. The molecule has 2 amide bonds. The normalized spacial score (nSPS) is 16.4. The summed E-state index contributed by atoms with van der Waals surface area (Å²) in [6.45, 7) is 1.26. The van der Waals surface area contributed by atoms with Gasteiger partial charge in [0.2, 0.25) is 0 Å². The van der Waals surface area contributed by atoms with E-state index in [2.05, 4.69) is 10.6 Å². The summed E-state index contributed by atoms with van der Waals surface area (Å²) >= 11 is 5.82. The maximum absolute atomic E-state index is 12.3. The van der Waals surface area contributed by atoms with Crippen molar-refractivity contribution >= 4 is 29.1 Å². The van der Waals surface area contributed by atoms with Crippen LogP contribution in [-0.2, 0) is 4.74 Å². The van der Waals surface area contributed by atoms with Gasteiger partial charge >= 0.3 is 0 Å². The van der Waals surface area contributed by atoms with Crippen LogP contribution in [0.2, 0.25) is 5.02 Å². The molecule has 130 valence electrons. The second-order valence-electron chi connectivity index (χ2n) is 5.89. The summed E-state index contributed by atoms with van der Waals surface area (Å²) in [5.41, 5.74) is 1.55. The fraction of sp³-hybridized carbons (Fsp3) is 0.263. The van der Waals surface area contributed by atoms with E-state index in [0.717, 1.165) is 19.4 Å². The molecule has 0 aromatic heterocycles. The summed E-state index contributed by atoms with van der Waals surface area (Å²) in [7, 11) is 0. The van der Waals surface area contributed by atoms with Gasteiger partial charge in [0.05, 0.1) is 6.10 Å². The maximum atomic E-state index is 12.3. The van der Waals surface area contributed by atoms with Gasteiger partial charge in [0.1, 0.15) is 0 Å². The van der Waals surface area contributed by atoms with E-state index in [9.17, 15) is 9.59 Å².